The van der Waals surface area contributed by atoms with Crippen LogP contribution in [-0.2, 0) is 0 Å². The van der Waals surface area contributed by atoms with E-state index < -0.39 is 12.2 Å². The van der Waals surface area contributed by atoms with Crippen molar-refractivity contribution in [3.05, 3.63) is 0 Å². The Balaban J connectivity index is -0.000000147. The molecule has 14 heavy (non-hydrogen) atoms. The van der Waals surface area contributed by atoms with Crippen molar-refractivity contribution < 1.29 is 30.6 Å². The van der Waals surface area contributed by atoms with Gasteiger partial charge in [0.05, 0.1) is 26.4 Å². The third-order valence-corrected chi connectivity index (χ3v) is 0.843. The maximum Gasteiger partial charge on any atom is 0.100 e. The van der Waals surface area contributed by atoms with Crippen LogP contribution in [0.25, 0.3) is 0 Å². The molecule has 0 unspecified atom stereocenters. The van der Waals surface area contributed by atoms with Gasteiger partial charge in [0, 0.05) is 0 Å². The summed E-state index contributed by atoms with van der Waals surface area (Å²) in [6, 6.07) is 0. The van der Waals surface area contributed by atoms with Crippen molar-refractivity contribution in [2.24, 2.45) is 11.7 Å². The molecule has 0 aliphatic rings. The average molecular weight is 216 g/mol. The van der Waals surface area contributed by atoms with Crippen LogP contribution in [0.1, 0.15) is 0 Å². The molecule has 10 N–H and O–H groups in total. The Bertz CT molecular complexity index is 68.7. The number of hydrogen-bond acceptors (Lipinski definition) is 8. The minimum Gasteiger partial charge on any atom is -0.394 e. The van der Waals surface area contributed by atoms with Crippen molar-refractivity contribution in [2.75, 3.05) is 26.4 Å². The zero-order valence-corrected chi connectivity index (χ0v) is 7.82. The summed E-state index contributed by atoms with van der Waals surface area (Å²) in [6.45, 7) is -1.46. The molecule has 0 heterocycles. The fourth-order valence-corrected chi connectivity index (χ4v) is 0.115. The van der Waals surface area contributed by atoms with Gasteiger partial charge in [0.25, 0.3) is 0 Å². The van der Waals surface area contributed by atoms with Gasteiger partial charge in [-0.1, -0.05) is 0 Å². The Hall–Kier alpha value is -0.320. The van der Waals surface area contributed by atoms with Crippen LogP contribution in [-0.4, -0.2) is 69.3 Å². The molecule has 90 valence electrons. The Morgan fingerprint density at radius 2 is 0.786 bits per heavy atom. The van der Waals surface area contributed by atoms with Gasteiger partial charge >= 0.3 is 0 Å². The molecule has 0 aromatic heterocycles. The molecule has 0 aliphatic carbocycles. The lowest BCUT2D eigenvalue weighted by Crippen LogP contribution is -2.15. The number of nitrogens with two attached hydrogens (primary N) is 2. The van der Waals surface area contributed by atoms with Gasteiger partial charge in [-0.25, -0.2) is 0 Å². The fourth-order valence-electron chi connectivity index (χ4n) is 0.115. The number of aliphatic hydroxyl groups excluding tert-OH is 6. The molecule has 8 heteroatoms. The van der Waals surface area contributed by atoms with Gasteiger partial charge in [-0.2, -0.15) is 0 Å². The molecule has 0 saturated carbocycles. The second-order valence-electron chi connectivity index (χ2n) is 2.04. The summed E-state index contributed by atoms with van der Waals surface area (Å²) in [5, 5.41) is 48.0. The first-order chi connectivity index (χ1) is 6.62. The Morgan fingerprint density at radius 1 is 0.643 bits per heavy atom. The largest absolute Gasteiger partial charge is 0.394 e. The highest BCUT2D eigenvalue weighted by atomic mass is 16.3. The predicted molar refractivity (Wildman–Crippen MR) is 48.7 cm³/mol. The zero-order valence-electron chi connectivity index (χ0n) is 7.82. The van der Waals surface area contributed by atoms with Crippen molar-refractivity contribution in [1.29, 1.82) is 0 Å². The molecule has 0 bridgehead atoms. The lowest BCUT2D eigenvalue weighted by molar-refractivity contribution is 0.0450. The standard InChI is InChI=1S/2C3H8O3.H4N2/c2*4-1-3(6)2-5;1-2/h2*3-6H,1-2H2;1-2H2. The quantitative estimate of drug-likeness (QED) is 0.171. The molecule has 0 aromatic carbocycles. The van der Waals surface area contributed by atoms with Crippen molar-refractivity contribution in [1.82, 2.24) is 0 Å². The lowest BCUT2D eigenvalue weighted by atomic mass is 10.4. The summed E-state index contributed by atoms with van der Waals surface area (Å²) in [5.41, 5.74) is 0. The third kappa shape index (κ3) is 22.6. The van der Waals surface area contributed by atoms with E-state index in [2.05, 4.69) is 11.7 Å². The second-order valence-corrected chi connectivity index (χ2v) is 2.04. The van der Waals surface area contributed by atoms with E-state index in [0.717, 1.165) is 0 Å². The first-order valence-corrected chi connectivity index (χ1v) is 3.75. The molecule has 0 aromatic rings. The number of hydrazine groups is 1. The van der Waals surface area contributed by atoms with E-state index >= 15 is 0 Å². The van der Waals surface area contributed by atoms with E-state index in [1.807, 2.05) is 0 Å². The van der Waals surface area contributed by atoms with Crippen LogP contribution >= 0.6 is 0 Å². The van der Waals surface area contributed by atoms with Crippen LogP contribution in [0.5, 0.6) is 0 Å². The number of hydrogen-bond donors (Lipinski definition) is 8. The first-order valence-electron chi connectivity index (χ1n) is 3.75. The maximum absolute atomic E-state index is 8.17. The SMILES string of the molecule is NN.OCC(O)CO.OCC(O)CO. The molecule has 0 saturated heterocycles. The molecule has 0 radical (unpaired) electrons. The molecule has 0 atom stereocenters. The zero-order chi connectivity index (χ0) is 12.0. The van der Waals surface area contributed by atoms with Crippen LogP contribution < -0.4 is 11.7 Å². The van der Waals surface area contributed by atoms with Crippen LogP contribution in [0.2, 0.25) is 0 Å². The Labute approximate surface area is 82.0 Å². The Morgan fingerprint density at radius 3 is 0.786 bits per heavy atom. The predicted octanol–water partition coefficient (Wildman–Crippen LogP) is -4.52. The summed E-state index contributed by atoms with van der Waals surface area (Å²) in [6.07, 6.45) is -1.91. The molecule has 0 amide bonds. The molecule has 0 rings (SSSR count). The maximum atomic E-state index is 8.17. The Kier molecular flexibility index (Phi) is 25.4. The number of rotatable bonds is 4. The van der Waals surface area contributed by atoms with Gasteiger partial charge in [-0.05, 0) is 0 Å². The van der Waals surface area contributed by atoms with Crippen LogP contribution in [0, 0.1) is 0 Å². The summed E-state index contributed by atoms with van der Waals surface area (Å²) in [4.78, 5) is 0. The van der Waals surface area contributed by atoms with E-state index in [9.17, 15) is 0 Å². The van der Waals surface area contributed by atoms with E-state index in [-0.39, 0.29) is 26.4 Å². The smallest absolute Gasteiger partial charge is 0.100 e. The summed E-state index contributed by atoms with van der Waals surface area (Å²) in [7, 11) is 0. The van der Waals surface area contributed by atoms with E-state index in [0.29, 0.717) is 0 Å². The van der Waals surface area contributed by atoms with Crippen molar-refractivity contribution >= 4 is 0 Å². The van der Waals surface area contributed by atoms with Gasteiger partial charge in [0.15, 0.2) is 0 Å². The lowest BCUT2D eigenvalue weighted by Gasteiger charge is -1.96. The summed E-state index contributed by atoms with van der Waals surface area (Å²) in [5.74, 6) is 8.00. The minimum atomic E-state index is -0.954. The summed E-state index contributed by atoms with van der Waals surface area (Å²) >= 11 is 0. The monoisotopic (exact) mass is 216 g/mol. The van der Waals surface area contributed by atoms with Crippen LogP contribution in [0.4, 0.5) is 0 Å². The van der Waals surface area contributed by atoms with Crippen LogP contribution in [0.15, 0.2) is 0 Å². The summed E-state index contributed by atoms with van der Waals surface area (Å²) < 4.78 is 0. The molecule has 8 nitrogen and oxygen atoms in total. The van der Waals surface area contributed by atoms with Crippen molar-refractivity contribution in [2.45, 2.75) is 12.2 Å². The second kappa shape index (κ2) is 18.5. The van der Waals surface area contributed by atoms with Crippen molar-refractivity contribution in [3.8, 4) is 0 Å². The number of aliphatic hydroxyl groups is 6. The van der Waals surface area contributed by atoms with Crippen molar-refractivity contribution in [3.63, 3.8) is 0 Å². The van der Waals surface area contributed by atoms with Gasteiger partial charge < -0.3 is 30.6 Å². The highest BCUT2D eigenvalue weighted by molar-refractivity contribution is 4.44. The minimum absolute atomic E-state index is 0.365. The van der Waals surface area contributed by atoms with E-state index in [1.54, 1.807) is 0 Å². The fraction of sp³-hybridized carbons (Fsp3) is 1.00. The van der Waals surface area contributed by atoms with E-state index in [4.69, 9.17) is 30.6 Å². The molecular formula is C6H20N2O6. The molecule has 0 aliphatic heterocycles. The van der Waals surface area contributed by atoms with Gasteiger partial charge in [0.2, 0.25) is 0 Å². The highest BCUT2D eigenvalue weighted by Crippen LogP contribution is 1.72. The highest BCUT2D eigenvalue weighted by Gasteiger charge is 1.94. The average Bonchev–Trinajstić information content (AvgIpc) is 2.30. The molecule has 0 spiro atoms. The first kappa shape index (κ1) is 19.3. The van der Waals surface area contributed by atoms with Gasteiger partial charge in [-0.15, -0.1) is 0 Å². The van der Waals surface area contributed by atoms with Gasteiger partial charge in [0.1, 0.15) is 12.2 Å². The topological polar surface area (TPSA) is 173 Å². The third-order valence-electron chi connectivity index (χ3n) is 0.843. The van der Waals surface area contributed by atoms with Gasteiger partial charge in [-0.3, -0.25) is 11.7 Å². The van der Waals surface area contributed by atoms with Crippen LogP contribution in [0.3, 0.4) is 0 Å². The molecular weight excluding hydrogens is 196 g/mol. The molecule has 0 fully saturated rings. The normalized spacial score (nSPS) is 9.00. The van der Waals surface area contributed by atoms with E-state index in [1.165, 1.54) is 0 Å².